The van der Waals surface area contributed by atoms with Crippen LogP contribution in [-0.4, -0.2) is 18.8 Å². The molecule has 0 unspecified atom stereocenters. The minimum Gasteiger partial charge on any atom is -0.394 e. The number of hydrogen-bond donors (Lipinski definition) is 2. The molecule has 0 aliphatic carbocycles. The molecular weight excluding hydrogens is 237 g/mol. The van der Waals surface area contributed by atoms with E-state index >= 15 is 0 Å². The van der Waals surface area contributed by atoms with Crippen LogP contribution in [0.4, 0.5) is 4.39 Å². The maximum absolute atomic E-state index is 13.2. The fourth-order valence-electron chi connectivity index (χ4n) is 1.13. The summed E-state index contributed by atoms with van der Waals surface area (Å²) in [5.74, 6) is -0.309. The Morgan fingerprint density at radius 3 is 2.85 bits per heavy atom. The molecule has 0 heterocycles. The van der Waals surface area contributed by atoms with E-state index in [0.717, 1.165) is 4.47 Å². The molecule has 4 heteroatoms. The van der Waals surface area contributed by atoms with Crippen molar-refractivity contribution >= 4 is 15.9 Å². The van der Waals surface area contributed by atoms with Gasteiger partial charge in [-0.25, -0.2) is 4.39 Å². The maximum Gasteiger partial charge on any atom is 0.128 e. The summed E-state index contributed by atoms with van der Waals surface area (Å²) < 4.78 is 14.0. The molecule has 13 heavy (non-hydrogen) atoms. The summed E-state index contributed by atoms with van der Waals surface area (Å²) >= 11 is 3.25. The molecule has 0 saturated carbocycles. The van der Waals surface area contributed by atoms with Gasteiger partial charge < -0.3 is 10.4 Å². The van der Waals surface area contributed by atoms with Gasteiger partial charge in [0.25, 0.3) is 0 Å². The predicted molar refractivity (Wildman–Crippen MR) is 53.0 cm³/mol. The van der Waals surface area contributed by atoms with Crippen LogP contribution in [0.1, 0.15) is 11.6 Å². The molecule has 1 aromatic carbocycles. The summed E-state index contributed by atoms with van der Waals surface area (Å²) in [6.07, 6.45) is 0. The number of nitrogens with one attached hydrogen (secondary N) is 1. The van der Waals surface area contributed by atoms with Crippen LogP contribution in [0.3, 0.4) is 0 Å². The van der Waals surface area contributed by atoms with E-state index < -0.39 is 0 Å². The summed E-state index contributed by atoms with van der Waals surface area (Å²) in [6.45, 7) is -0.121. The number of likely N-dealkylation sites (N-methyl/N-ethyl adjacent to an activating group) is 1. The lowest BCUT2D eigenvalue weighted by Gasteiger charge is -2.14. The van der Waals surface area contributed by atoms with Crippen LogP contribution in [0.5, 0.6) is 0 Å². The van der Waals surface area contributed by atoms with Crippen molar-refractivity contribution in [1.82, 2.24) is 5.32 Å². The molecular formula is C9H11BrFNO. The van der Waals surface area contributed by atoms with Gasteiger partial charge in [-0.1, -0.05) is 15.9 Å². The van der Waals surface area contributed by atoms with Crippen LogP contribution in [0.15, 0.2) is 22.7 Å². The number of hydrogen-bond acceptors (Lipinski definition) is 2. The van der Waals surface area contributed by atoms with Crippen molar-refractivity contribution in [1.29, 1.82) is 0 Å². The molecule has 2 N–H and O–H groups in total. The summed E-state index contributed by atoms with van der Waals surface area (Å²) in [7, 11) is 1.68. The highest BCUT2D eigenvalue weighted by Gasteiger charge is 2.12. The highest BCUT2D eigenvalue weighted by molar-refractivity contribution is 9.10. The van der Waals surface area contributed by atoms with Crippen molar-refractivity contribution in [3.63, 3.8) is 0 Å². The van der Waals surface area contributed by atoms with Crippen LogP contribution >= 0.6 is 15.9 Å². The Balaban J connectivity index is 3.03. The van der Waals surface area contributed by atoms with E-state index in [4.69, 9.17) is 5.11 Å². The molecule has 0 amide bonds. The zero-order chi connectivity index (χ0) is 9.84. The maximum atomic E-state index is 13.2. The SMILES string of the molecule is CN[C@H](CO)c1cc(Br)ccc1F. The monoisotopic (exact) mass is 247 g/mol. The predicted octanol–water partition coefficient (Wildman–Crippen LogP) is 1.84. The molecule has 0 aromatic heterocycles. The Kier molecular flexibility index (Phi) is 3.84. The van der Waals surface area contributed by atoms with E-state index in [2.05, 4.69) is 21.2 Å². The second kappa shape index (κ2) is 4.69. The van der Waals surface area contributed by atoms with Crippen LogP contribution < -0.4 is 5.32 Å². The van der Waals surface area contributed by atoms with Crippen molar-refractivity contribution in [3.8, 4) is 0 Å². The van der Waals surface area contributed by atoms with Crippen molar-refractivity contribution in [2.75, 3.05) is 13.7 Å². The third-order valence-electron chi connectivity index (χ3n) is 1.86. The van der Waals surface area contributed by atoms with Crippen LogP contribution in [0.2, 0.25) is 0 Å². The zero-order valence-electron chi connectivity index (χ0n) is 7.22. The second-order valence-corrected chi connectivity index (χ2v) is 3.61. The van der Waals surface area contributed by atoms with E-state index in [1.165, 1.54) is 6.07 Å². The van der Waals surface area contributed by atoms with Crippen LogP contribution in [-0.2, 0) is 0 Å². The largest absolute Gasteiger partial charge is 0.394 e. The number of halogens is 2. The summed E-state index contributed by atoms with van der Waals surface area (Å²) in [5, 5.41) is 11.8. The van der Waals surface area contributed by atoms with Crippen LogP contribution in [0.25, 0.3) is 0 Å². The Hall–Kier alpha value is -0.450. The van der Waals surface area contributed by atoms with Gasteiger partial charge in [0.1, 0.15) is 5.82 Å². The Bertz CT molecular complexity index is 289. The molecule has 0 bridgehead atoms. The summed E-state index contributed by atoms with van der Waals surface area (Å²) in [5.41, 5.74) is 0.472. The molecule has 0 radical (unpaired) electrons. The Morgan fingerprint density at radius 1 is 1.62 bits per heavy atom. The van der Waals surface area contributed by atoms with Crippen molar-refractivity contribution in [2.45, 2.75) is 6.04 Å². The van der Waals surface area contributed by atoms with E-state index in [1.807, 2.05) is 0 Å². The van der Waals surface area contributed by atoms with Gasteiger partial charge in [0.15, 0.2) is 0 Å². The topological polar surface area (TPSA) is 32.3 Å². The molecule has 0 spiro atoms. The van der Waals surface area contributed by atoms with E-state index in [0.29, 0.717) is 5.56 Å². The number of benzene rings is 1. The van der Waals surface area contributed by atoms with Gasteiger partial charge in [-0.15, -0.1) is 0 Å². The third-order valence-corrected chi connectivity index (χ3v) is 2.36. The minimum atomic E-state index is -0.350. The zero-order valence-corrected chi connectivity index (χ0v) is 8.81. The third kappa shape index (κ3) is 2.49. The van der Waals surface area contributed by atoms with E-state index in [-0.39, 0.29) is 18.5 Å². The fraction of sp³-hybridized carbons (Fsp3) is 0.333. The van der Waals surface area contributed by atoms with Crippen molar-refractivity contribution in [2.24, 2.45) is 0 Å². The van der Waals surface area contributed by atoms with Crippen LogP contribution in [0, 0.1) is 5.82 Å². The fourth-order valence-corrected chi connectivity index (χ4v) is 1.51. The Morgan fingerprint density at radius 2 is 2.31 bits per heavy atom. The average Bonchev–Trinajstić information content (AvgIpc) is 2.13. The molecule has 72 valence electrons. The van der Waals surface area contributed by atoms with E-state index in [1.54, 1.807) is 19.2 Å². The lowest BCUT2D eigenvalue weighted by molar-refractivity contribution is 0.248. The van der Waals surface area contributed by atoms with Gasteiger partial charge in [-0.3, -0.25) is 0 Å². The van der Waals surface area contributed by atoms with Crippen molar-refractivity contribution in [3.05, 3.63) is 34.1 Å². The highest BCUT2D eigenvalue weighted by Crippen LogP contribution is 2.21. The van der Waals surface area contributed by atoms with Gasteiger partial charge >= 0.3 is 0 Å². The Labute approximate surface area is 84.9 Å². The lowest BCUT2D eigenvalue weighted by atomic mass is 10.1. The minimum absolute atomic E-state index is 0.121. The molecule has 1 rings (SSSR count). The number of rotatable bonds is 3. The standard InChI is InChI=1S/C9H11BrFNO/c1-12-9(5-13)7-4-6(10)2-3-8(7)11/h2-4,9,12-13H,5H2,1H3/t9-/m1/s1. The van der Waals surface area contributed by atoms with Gasteiger partial charge in [0.05, 0.1) is 12.6 Å². The van der Waals surface area contributed by atoms with Crippen molar-refractivity contribution < 1.29 is 9.50 Å². The van der Waals surface area contributed by atoms with Gasteiger partial charge in [0.2, 0.25) is 0 Å². The summed E-state index contributed by atoms with van der Waals surface area (Å²) in [6, 6.07) is 4.31. The molecule has 0 saturated heterocycles. The number of aliphatic hydroxyl groups excluding tert-OH is 1. The average molecular weight is 248 g/mol. The molecule has 0 aliphatic heterocycles. The molecule has 2 nitrogen and oxygen atoms in total. The molecule has 0 aliphatic rings. The first-order chi connectivity index (χ1) is 6.19. The number of aliphatic hydroxyl groups is 1. The molecule has 0 fully saturated rings. The lowest BCUT2D eigenvalue weighted by Crippen LogP contribution is -2.21. The van der Waals surface area contributed by atoms with Gasteiger partial charge in [0, 0.05) is 10.0 Å². The first kappa shape index (κ1) is 10.6. The van der Waals surface area contributed by atoms with Gasteiger partial charge in [-0.2, -0.15) is 0 Å². The summed E-state index contributed by atoms with van der Waals surface area (Å²) in [4.78, 5) is 0. The smallest absolute Gasteiger partial charge is 0.128 e. The second-order valence-electron chi connectivity index (χ2n) is 2.69. The first-order valence-electron chi connectivity index (χ1n) is 3.92. The highest BCUT2D eigenvalue weighted by atomic mass is 79.9. The molecule has 1 atom stereocenters. The first-order valence-corrected chi connectivity index (χ1v) is 4.71. The van der Waals surface area contributed by atoms with Gasteiger partial charge in [-0.05, 0) is 25.2 Å². The molecule has 1 aromatic rings. The normalized spacial score (nSPS) is 12.9. The quantitative estimate of drug-likeness (QED) is 0.855. The van der Waals surface area contributed by atoms with E-state index in [9.17, 15) is 4.39 Å².